The molecule has 2 amide bonds. The summed E-state index contributed by atoms with van der Waals surface area (Å²) in [7, 11) is 0. The second-order valence-corrected chi connectivity index (χ2v) is 9.08. The highest BCUT2D eigenvalue weighted by atomic mass is 35.5. The number of ether oxygens (including phenoxy) is 2. The van der Waals surface area contributed by atoms with Crippen molar-refractivity contribution in [2.75, 3.05) is 44.4 Å². The molecule has 4 aliphatic rings. The van der Waals surface area contributed by atoms with Crippen molar-refractivity contribution in [2.45, 2.75) is 13.3 Å². The number of nitrogens with zero attached hydrogens (tertiary/aromatic N) is 4. The summed E-state index contributed by atoms with van der Waals surface area (Å²) < 4.78 is 10.7. The molecule has 0 N–H and O–H groups in total. The molecule has 1 atom stereocenters. The minimum Gasteiger partial charge on any atom is -0.454 e. The number of thiocarbonyl (C=S) groups is 1. The Morgan fingerprint density at radius 2 is 1.97 bits per heavy atom. The van der Waals surface area contributed by atoms with Crippen LogP contribution in [0.25, 0.3) is 0 Å². The number of halogens is 1. The average molecular weight is 487 g/mol. The van der Waals surface area contributed by atoms with Crippen LogP contribution in [0.2, 0.25) is 5.02 Å². The SMILES string of the molecule is Cc1ccc(Cl)cc1N1CCN(C(=O)CCN2C(=O)C3C=C4OCOC4=CC3=NC2=S)CC1. The number of aryl methyl sites for hydroxylation is 1. The number of rotatable bonds is 4. The topological polar surface area (TPSA) is 74.7 Å². The van der Waals surface area contributed by atoms with Gasteiger partial charge in [0.05, 0.1) is 5.71 Å². The molecule has 0 saturated carbocycles. The lowest BCUT2D eigenvalue weighted by molar-refractivity contribution is -0.133. The van der Waals surface area contributed by atoms with E-state index in [4.69, 9.17) is 33.3 Å². The molecule has 172 valence electrons. The number of carbonyl (C=O) groups is 2. The Kier molecular flexibility index (Phi) is 5.84. The highest BCUT2D eigenvalue weighted by Crippen LogP contribution is 2.31. The molecule has 2 fully saturated rings. The van der Waals surface area contributed by atoms with Gasteiger partial charge in [-0.2, -0.15) is 0 Å². The predicted molar refractivity (Wildman–Crippen MR) is 128 cm³/mol. The fourth-order valence-corrected chi connectivity index (χ4v) is 4.88. The number of anilines is 1. The monoisotopic (exact) mass is 486 g/mol. The zero-order valence-electron chi connectivity index (χ0n) is 18.1. The zero-order chi connectivity index (χ0) is 23.1. The third-order valence-corrected chi connectivity index (χ3v) is 6.82. The second-order valence-electron chi connectivity index (χ2n) is 8.28. The number of carbonyl (C=O) groups excluding carboxylic acids is 2. The lowest BCUT2D eigenvalue weighted by atomic mass is 9.94. The molecule has 0 radical (unpaired) electrons. The van der Waals surface area contributed by atoms with Crippen LogP contribution in [0.5, 0.6) is 0 Å². The molecule has 1 aliphatic carbocycles. The molecule has 3 heterocycles. The van der Waals surface area contributed by atoms with Gasteiger partial charge in [0.15, 0.2) is 11.5 Å². The maximum Gasteiger partial charge on any atom is 0.241 e. The lowest BCUT2D eigenvalue weighted by Crippen LogP contribution is -2.51. The molecular weight excluding hydrogens is 464 g/mol. The van der Waals surface area contributed by atoms with E-state index in [0.29, 0.717) is 35.3 Å². The summed E-state index contributed by atoms with van der Waals surface area (Å²) in [6.07, 6.45) is 3.59. The Hall–Kier alpha value is -2.91. The van der Waals surface area contributed by atoms with E-state index in [2.05, 4.69) is 16.8 Å². The van der Waals surface area contributed by atoms with E-state index in [1.807, 2.05) is 23.1 Å². The second kappa shape index (κ2) is 8.79. The summed E-state index contributed by atoms with van der Waals surface area (Å²) in [5.41, 5.74) is 2.80. The van der Waals surface area contributed by atoms with Crippen molar-refractivity contribution in [1.82, 2.24) is 9.80 Å². The number of aliphatic imine (C=N–C) groups is 1. The molecule has 33 heavy (non-hydrogen) atoms. The molecule has 0 bridgehead atoms. The highest BCUT2D eigenvalue weighted by molar-refractivity contribution is 7.80. The number of piperazine rings is 1. The Morgan fingerprint density at radius 3 is 2.76 bits per heavy atom. The fourth-order valence-electron chi connectivity index (χ4n) is 4.43. The summed E-state index contributed by atoms with van der Waals surface area (Å²) >= 11 is 11.5. The summed E-state index contributed by atoms with van der Waals surface area (Å²) in [5.74, 6) is 0.342. The Bertz CT molecular complexity index is 1120. The van der Waals surface area contributed by atoms with Crippen molar-refractivity contribution in [1.29, 1.82) is 0 Å². The Morgan fingerprint density at radius 1 is 1.21 bits per heavy atom. The smallest absolute Gasteiger partial charge is 0.241 e. The summed E-state index contributed by atoms with van der Waals surface area (Å²) in [6, 6.07) is 5.85. The van der Waals surface area contributed by atoms with Gasteiger partial charge in [0.25, 0.3) is 0 Å². The molecule has 1 unspecified atom stereocenters. The first-order valence-electron chi connectivity index (χ1n) is 10.8. The van der Waals surface area contributed by atoms with Gasteiger partial charge < -0.3 is 19.3 Å². The van der Waals surface area contributed by atoms with Crippen molar-refractivity contribution in [3.8, 4) is 0 Å². The van der Waals surface area contributed by atoms with Gasteiger partial charge in [-0.25, -0.2) is 4.99 Å². The standard InChI is InChI=1S/C23H23ClN4O4S/c1-14-2-3-15(24)10-18(14)26-6-8-27(9-7-26)21(29)4-5-28-22(30)16-11-19-20(32-13-31-19)12-17(16)25-23(28)33/h2-3,10-12,16H,4-9,13H2,1H3. The van der Waals surface area contributed by atoms with E-state index >= 15 is 0 Å². The van der Waals surface area contributed by atoms with Crippen LogP contribution in [0.3, 0.4) is 0 Å². The van der Waals surface area contributed by atoms with Gasteiger partial charge >= 0.3 is 0 Å². The van der Waals surface area contributed by atoms with Crippen molar-refractivity contribution in [3.63, 3.8) is 0 Å². The van der Waals surface area contributed by atoms with Crippen molar-refractivity contribution < 1.29 is 19.1 Å². The van der Waals surface area contributed by atoms with Crippen molar-refractivity contribution in [2.24, 2.45) is 10.9 Å². The van der Waals surface area contributed by atoms with Gasteiger partial charge in [-0.05, 0) is 42.9 Å². The molecule has 1 aromatic rings. The molecular formula is C23H23ClN4O4S. The van der Waals surface area contributed by atoms with E-state index in [9.17, 15) is 9.59 Å². The van der Waals surface area contributed by atoms with Crippen LogP contribution in [-0.4, -0.2) is 72.0 Å². The minimum atomic E-state index is -0.572. The van der Waals surface area contributed by atoms with Gasteiger partial charge in [0.2, 0.25) is 23.7 Å². The van der Waals surface area contributed by atoms with E-state index in [0.717, 1.165) is 24.3 Å². The number of hydrogen-bond donors (Lipinski definition) is 0. The van der Waals surface area contributed by atoms with Crippen LogP contribution >= 0.6 is 23.8 Å². The Balaban J connectivity index is 1.18. The van der Waals surface area contributed by atoms with Crippen molar-refractivity contribution >= 4 is 52.1 Å². The molecule has 0 aromatic heterocycles. The number of fused-ring (bicyclic) bond motifs is 2. The third kappa shape index (κ3) is 4.22. The largest absolute Gasteiger partial charge is 0.454 e. The zero-order valence-corrected chi connectivity index (χ0v) is 19.7. The van der Waals surface area contributed by atoms with Crippen molar-refractivity contribution in [3.05, 3.63) is 52.5 Å². The maximum absolute atomic E-state index is 13.1. The first-order chi connectivity index (χ1) is 15.9. The third-order valence-electron chi connectivity index (χ3n) is 6.27. The first-order valence-corrected chi connectivity index (χ1v) is 11.6. The van der Waals surface area contributed by atoms with E-state index in [1.165, 1.54) is 4.90 Å². The molecule has 0 spiro atoms. The Labute approximate surface area is 202 Å². The van der Waals surface area contributed by atoms with Crippen LogP contribution in [0, 0.1) is 12.8 Å². The fraction of sp³-hybridized carbons (Fsp3) is 0.391. The van der Waals surface area contributed by atoms with E-state index in [-0.39, 0.29) is 36.7 Å². The lowest BCUT2D eigenvalue weighted by Gasteiger charge is -2.37. The number of amides is 2. The maximum atomic E-state index is 13.1. The van der Waals surface area contributed by atoms with Gasteiger partial charge in [-0.15, -0.1) is 0 Å². The van der Waals surface area contributed by atoms with Crippen LogP contribution in [0.1, 0.15) is 12.0 Å². The first kappa shape index (κ1) is 21.9. The molecule has 8 nitrogen and oxygen atoms in total. The van der Waals surface area contributed by atoms with Crippen LogP contribution in [0.4, 0.5) is 5.69 Å². The summed E-state index contributed by atoms with van der Waals surface area (Å²) in [6.45, 7) is 5.08. The molecule has 2 saturated heterocycles. The number of hydrogen-bond acceptors (Lipinski definition) is 6. The predicted octanol–water partition coefficient (Wildman–Crippen LogP) is 2.66. The quantitative estimate of drug-likeness (QED) is 0.609. The summed E-state index contributed by atoms with van der Waals surface area (Å²) in [5, 5.41) is 0.877. The highest BCUT2D eigenvalue weighted by Gasteiger charge is 2.38. The minimum absolute atomic E-state index is 0.000417. The van der Waals surface area contributed by atoms with E-state index < -0.39 is 5.92 Å². The molecule has 3 aliphatic heterocycles. The normalized spacial score (nSPS) is 22.1. The molecule has 10 heteroatoms. The van der Waals surface area contributed by atoms with Crippen LogP contribution < -0.4 is 4.90 Å². The van der Waals surface area contributed by atoms with E-state index in [1.54, 1.807) is 12.2 Å². The average Bonchev–Trinajstić information content (AvgIpc) is 3.27. The number of allylic oxidation sites excluding steroid dienone is 1. The van der Waals surface area contributed by atoms with Gasteiger partial charge in [-0.1, -0.05) is 17.7 Å². The van der Waals surface area contributed by atoms with Crippen LogP contribution in [-0.2, 0) is 19.1 Å². The molecule has 1 aromatic carbocycles. The van der Waals surface area contributed by atoms with Gasteiger partial charge in [-0.3, -0.25) is 14.5 Å². The van der Waals surface area contributed by atoms with Crippen LogP contribution in [0.15, 0.2) is 46.9 Å². The van der Waals surface area contributed by atoms with Gasteiger partial charge in [0, 0.05) is 55.9 Å². The molecule has 5 rings (SSSR count). The number of benzene rings is 1. The van der Waals surface area contributed by atoms with Gasteiger partial charge in [0.1, 0.15) is 5.92 Å². The summed E-state index contributed by atoms with van der Waals surface area (Å²) in [4.78, 5) is 35.8.